The number of aromatic nitrogens is 6. The van der Waals surface area contributed by atoms with Gasteiger partial charge in [0.25, 0.3) is 0 Å². The van der Waals surface area contributed by atoms with E-state index in [1.54, 1.807) is 0 Å². The Hall–Kier alpha value is -11.0. The summed E-state index contributed by atoms with van der Waals surface area (Å²) >= 11 is 0. The molecule has 0 spiro atoms. The maximum atomic E-state index is 5.41. The summed E-state index contributed by atoms with van der Waals surface area (Å²) < 4.78 is 7.13. The number of aryl methyl sites for hydroxylation is 2. The first-order valence-corrected chi connectivity index (χ1v) is 28.3. The minimum absolute atomic E-state index is 0.547. The summed E-state index contributed by atoms with van der Waals surface area (Å²) in [5.74, 6) is 1.78. The molecule has 4 aromatic heterocycles. The smallest absolute Gasteiger partial charge is 0.238 e. The third kappa shape index (κ3) is 8.22. The van der Waals surface area contributed by atoms with Crippen LogP contribution in [0.4, 0.5) is 0 Å². The Labute approximate surface area is 480 Å². The molecule has 0 atom stereocenters. The summed E-state index contributed by atoms with van der Waals surface area (Å²) in [5.41, 5.74) is 22.2. The lowest BCUT2D eigenvalue weighted by molar-refractivity contribution is 0.952. The highest BCUT2D eigenvalue weighted by atomic mass is 15.2. The molecule has 6 nitrogen and oxygen atoms in total. The maximum absolute atomic E-state index is 5.41. The van der Waals surface area contributed by atoms with Crippen LogP contribution in [0.5, 0.6) is 0 Å². The third-order valence-electron chi connectivity index (χ3n) is 16.6. The van der Waals surface area contributed by atoms with Crippen LogP contribution in [0.15, 0.2) is 279 Å². The lowest BCUT2D eigenvalue weighted by Gasteiger charge is -2.12. The monoisotopic (exact) mass is 1060 g/mol. The van der Waals surface area contributed by atoms with E-state index in [-0.39, 0.29) is 0 Å². The molecule has 0 fully saturated rings. The first-order chi connectivity index (χ1) is 40.9. The summed E-state index contributed by atoms with van der Waals surface area (Å²) in [5, 5.41) is 6.92. The summed E-state index contributed by atoms with van der Waals surface area (Å²) in [6.07, 6.45) is 0. The Morgan fingerprint density at radius 2 is 0.506 bits per heavy atom. The molecule has 0 aliphatic rings. The second kappa shape index (κ2) is 19.4. The molecule has 0 saturated heterocycles. The minimum Gasteiger partial charge on any atom is -0.309 e. The molecule has 390 valence electrons. The topological polar surface area (TPSA) is 53.5 Å². The average molecular weight is 1060 g/mol. The van der Waals surface area contributed by atoms with Crippen LogP contribution in [0.3, 0.4) is 0 Å². The fourth-order valence-electron chi connectivity index (χ4n) is 12.6. The van der Waals surface area contributed by atoms with Crippen molar-refractivity contribution in [2.24, 2.45) is 0 Å². The highest BCUT2D eigenvalue weighted by Crippen LogP contribution is 2.43. The molecule has 4 heterocycles. The van der Waals surface area contributed by atoms with Gasteiger partial charge >= 0.3 is 0 Å². The predicted octanol–water partition coefficient (Wildman–Crippen LogP) is 19.8. The van der Waals surface area contributed by atoms with E-state index in [0.717, 1.165) is 77.5 Å². The molecule has 0 saturated carbocycles. The first kappa shape index (κ1) is 48.0. The predicted molar refractivity (Wildman–Crippen MR) is 345 cm³/mol. The van der Waals surface area contributed by atoms with Crippen LogP contribution in [0, 0.1) is 13.8 Å². The van der Waals surface area contributed by atoms with Crippen molar-refractivity contribution in [1.82, 2.24) is 28.7 Å². The van der Waals surface area contributed by atoms with Gasteiger partial charge in [0, 0.05) is 54.8 Å². The molecule has 0 bridgehead atoms. The summed E-state index contributed by atoms with van der Waals surface area (Å²) in [4.78, 5) is 16.0. The van der Waals surface area contributed by atoms with Gasteiger partial charge in [0.15, 0.2) is 11.6 Å². The van der Waals surface area contributed by atoms with Gasteiger partial charge in [0.1, 0.15) is 0 Å². The molecule has 0 aliphatic carbocycles. The van der Waals surface area contributed by atoms with E-state index in [4.69, 9.17) is 15.0 Å². The van der Waals surface area contributed by atoms with Gasteiger partial charge in [0.2, 0.25) is 5.95 Å². The van der Waals surface area contributed by atoms with E-state index in [2.05, 4.69) is 307 Å². The quantitative estimate of drug-likeness (QED) is 0.145. The molecule has 0 N–H and O–H groups in total. The molecule has 0 amide bonds. The van der Waals surface area contributed by atoms with E-state index in [9.17, 15) is 0 Å². The van der Waals surface area contributed by atoms with Crippen LogP contribution in [0.25, 0.3) is 150 Å². The highest BCUT2D eigenvalue weighted by molar-refractivity contribution is 6.15. The number of hydrogen-bond donors (Lipinski definition) is 0. The Morgan fingerprint density at radius 3 is 0.831 bits per heavy atom. The number of hydrogen-bond acceptors (Lipinski definition) is 3. The Balaban J connectivity index is 0.969. The molecule has 16 rings (SSSR count). The van der Waals surface area contributed by atoms with Gasteiger partial charge in [-0.25, -0.2) is 4.98 Å². The van der Waals surface area contributed by atoms with Gasteiger partial charge in [-0.15, -0.1) is 0 Å². The lowest BCUT2D eigenvalue weighted by atomic mass is 10.0. The molecule has 0 radical (unpaired) electrons. The van der Waals surface area contributed by atoms with E-state index in [1.165, 1.54) is 66.1 Å². The van der Waals surface area contributed by atoms with Crippen molar-refractivity contribution in [3.05, 3.63) is 290 Å². The Bertz CT molecular complexity index is 4690. The van der Waals surface area contributed by atoms with Crippen LogP contribution in [-0.2, 0) is 0 Å². The fraction of sp³-hybridized carbons (Fsp3) is 0.0260. The third-order valence-corrected chi connectivity index (χ3v) is 16.6. The molecule has 6 heteroatoms. The molecular formula is C77H52N6. The van der Waals surface area contributed by atoms with Crippen molar-refractivity contribution >= 4 is 65.4 Å². The van der Waals surface area contributed by atoms with Crippen molar-refractivity contribution in [3.63, 3.8) is 0 Å². The Morgan fingerprint density at radius 1 is 0.217 bits per heavy atom. The van der Waals surface area contributed by atoms with Crippen molar-refractivity contribution < 1.29 is 0 Å². The van der Waals surface area contributed by atoms with Crippen molar-refractivity contribution in [2.75, 3.05) is 0 Å². The second-order valence-corrected chi connectivity index (χ2v) is 21.8. The zero-order valence-electron chi connectivity index (χ0n) is 45.7. The first-order valence-electron chi connectivity index (χ1n) is 28.3. The lowest BCUT2D eigenvalue weighted by Crippen LogP contribution is -2.06. The van der Waals surface area contributed by atoms with Crippen LogP contribution in [0.1, 0.15) is 11.1 Å². The van der Waals surface area contributed by atoms with Crippen LogP contribution >= 0.6 is 0 Å². The summed E-state index contributed by atoms with van der Waals surface area (Å²) in [6.45, 7) is 4.22. The van der Waals surface area contributed by atoms with E-state index in [1.807, 2.05) is 0 Å². The molecule has 16 aromatic rings. The molecular weight excluding hydrogens is 1010 g/mol. The van der Waals surface area contributed by atoms with Gasteiger partial charge in [-0.3, -0.25) is 4.57 Å². The normalized spacial score (nSPS) is 11.7. The Kier molecular flexibility index (Phi) is 11.2. The number of benzene rings is 12. The SMILES string of the molecule is Cc1cccc(-c2nc(-c3cccc(C)c3)nc(-n3c4ccc(-n5c6ccc(-c7ccccc7)cc6c6cc(-c7ccccc7)ccc65)cc4c4cc(-n5c6ccc(-c7ccccc7)cc6c6cc(-c7ccccc7)ccc65)ccc43)n2)c1. The standard InChI is InChI=1S/C77H52N6/c1-49-17-15-27-59(41-49)75-78-76(60-28-16-18-50(2)42-60)80-77(79-75)83-73-39-33-61(81-69-35-29-55(51-19-7-3-8-20-51)43-63(69)64-44-56(30-36-70(64)81)52-21-9-4-10-22-52)47-67(73)68-48-62(34-40-74(68)83)82-71-37-31-57(53-23-11-5-12-24-53)45-65(71)66-46-58(32-38-72(66)82)54-25-13-6-14-26-54/h3-48H,1-2H3. The molecule has 0 aliphatic heterocycles. The average Bonchev–Trinajstić information content (AvgIpc) is 3.94. The number of nitrogens with zero attached hydrogens (tertiary/aromatic N) is 6. The largest absolute Gasteiger partial charge is 0.309 e. The summed E-state index contributed by atoms with van der Waals surface area (Å²) in [6, 6.07) is 101. The van der Waals surface area contributed by atoms with E-state index < -0.39 is 0 Å². The van der Waals surface area contributed by atoms with Gasteiger partial charge in [0.05, 0.1) is 33.1 Å². The summed E-state index contributed by atoms with van der Waals surface area (Å²) in [7, 11) is 0. The zero-order chi connectivity index (χ0) is 55.1. The number of rotatable bonds is 9. The van der Waals surface area contributed by atoms with Crippen molar-refractivity contribution in [2.45, 2.75) is 13.8 Å². The van der Waals surface area contributed by atoms with Gasteiger partial charge in [-0.2, -0.15) is 9.97 Å². The fourth-order valence-corrected chi connectivity index (χ4v) is 12.6. The molecule has 83 heavy (non-hydrogen) atoms. The number of fused-ring (bicyclic) bond motifs is 9. The van der Waals surface area contributed by atoms with Crippen molar-refractivity contribution in [1.29, 1.82) is 0 Å². The maximum Gasteiger partial charge on any atom is 0.238 e. The zero-order valence-corrected chi connectivity index (χ0v) is 45.7. The minimum atomic E-state index is 0.547. The van der Waals surface area contributed by atoms with Gasteiger partial charge < -0.3 is 9.13 Å². The van der Waals surface area contributed by atoms with Crippen molar-refractivity contribution in [3.8, 4) is 84.6 Å². The molecule has 0 unspecified atom stereocenters. The van der Waals surface area contributed by atoms with Crippen LogP contribution in [-0.4, -0.2) is 28.7 Å². The highest BCUT2D eigenvalue weighted by Gasteiger charge is 2.23. The van der Waals surface area contributed by atoms with E-state index >= 15 is 0 Å². The van der Waals surface area contributed by atoms with Crippen LogP contribution < -0.4 is 0 Å². The molecule has 12 aromatic carbocycles. The van der Waals surface area contributed by atoms with Crippen LogP contribution in [0.2, 0.25) is 0 Å². The second-order valence-electron chi connectivity index (χ2n) is 21.8. The van der Waals surface area contributed by atoms with Gasteiger partial charge in [-0.1, -0.05) is 193 Å². The van der Waals surface area contributed by atoms with E-state index in [0.29, 0.717) is 17.6 Å². The van der Waals surface area contributed by atoms with Gasteiger partial charge in [-0.05, 0) is 155 Å².